The minimum atomic E-state index is -4.07. The number of fused-ring (bicyclic) bond motifs is 2. The number of anilines is 1. The Morgan fingerprint density at radius 3 is 2.35 bits per heavy atom. The predicted molar refractivity (Wildman–Crippen MR) is 149 cm³/mol. The normalized spacial score (nSPS) is 12.4. The van der Waals surface area contributed by atoms with Gasteiger partial charge in [0, 0.05) is 32.3 Å². The first-order valence-electron chi connectivity index (χ1n) is 12.3. The maximum absolute atomic E-state index is 13.4. The maximum Gasteiger partial charge on any atom is 0.328 e. The third-order valence-electron chi connectivity index (χ3n) is 6.55. The molecule has 5 aromatic rings. The van der Waals surface area contributed by atoms with Crippen LogP contribution < -0.4 is 29.4 Å². The van der Waals surface area contributed by atoms with E-state index in [1.54, 1.807) is 50.5 Å². The highest BCUT2D eigenvalue weighted by Crippen LogP contribution is 2.38. The Morgan fingerprint density at radius 2 is 1.55 bits per heavy atom. The highest BCUT2D eigenvalue weighted by Gasteiger charge is 2.23. The van der Waals surface area contributed by atoms with Crippen LogP contribution in [0.1, 0.15) is 5.56 Å². The molecule has 0 saturated carbocycles. The fourth-order valence-electron chi connectivity index (χ4n) is 4.43. The molecule has 1 aliphatic heterocycles. The summed E-state index contributed by atoms with van der Waals surface area (Å²) in [6.07, 6.45) is 0. The van der Waals surface area contributed by atoms with E-state index in [1.807, 2.05) is 36.4 Å². The Labute approximate surface area is 230 Å². The fraction of sp³-hybridized carbons (Fsp3) is 0.138. The van der Waals surface area contributed by atoms with Crippen LogP contribution in [0.2, 0.25) is 0 Å². The molecule has 1 aliphatic rings. The van der Waals surface area contributed by atoms with E-state index in [4.69, 9.17) is 18.9 Å². The summed E-state index contributed by atoms with van der Waals surface area (Å²) in [6.45, 7) is 0.403. The van der Waals surface area contributed by atoms with Crippen LogP contribution in [0, 0.1) is 0 Å². The van der Waals surface area contributed by atoms with E-state index < -0.39 is 10.0 Å². The average molecular weight is 560 g/mol. The van der Waals surface area contributed by atoms with Gasteiger partial charge in [-0.1, -0.05) is 36.4 Å². The van der Waals surface area contributed by atoms with Crippen molar-refractivity contribution in [2.45, 2.75) is 11.5 Å². The standard InChI is InChI=1S/C29H25N3O7S/c1-31-24-15-23(30-40(34,35)22-11-12-26-28(14-22)38-18-37-26)27(16-25(24)32(2)29(31)33)39-21-10-6-9-20(13-21)36-17-19-7-4-3-5-8-19/h3-16,30H,17-18H2,1-2H3. The average Bonchev–Trinajstić information content (AvgIpc) is 3.51. The van der Waals surface area contributed by atoms with Crippen molar-refractivity contribution in [1.29, 1.82) is 0 Å². The number of imidazole rings is 1. The van der Waals surface area contributed by atoms with Gasteiger partial charge in [-0.2, -0.15) is 0 Å². The molecule has 0 fully saturated rings. The second kappa shape index (κ2) is 10.0. The molecule has 1 aromatic heterocycles. The van der Waals surface area contributed by atoms with Gasteiger partial charge in [0.2, 0.25) is 6.79 Å². The molecule has 6 rings (SSSR count). The molecule has 0 aliphatic carbocycles. The van der Waals surface area contributed by atoms with E-state index >= 15 is 0 Å². The third-order valence-corrected chi connectivity index (χ3v) is 7.92. The van der Waals surface area contributed by atoms with Gasteiger partial charge >= 0.3 is 5.69 Å². The van der Waals surface area contributed by atoms with Gasteiger partial charge in [-0.3, -0.25) is 13.9 Å². The third kappa shape index (κ3) is 4.82. The van der Waals surface area contributed by atoms with E-state index in [0.717, 1.165) is 5.56 Å². The second-order valence-corrected chi connectivity index (χ2v) is 10.9. The van der Waals surface area contributed by atoms with Gasteiger partial charge in [-0.05, 0) is 35.9 Å². The number of rotatable bonds is 8. The number of sulfonamides is 1. The molecule has 0 amide bonds. The number of benzene rings is 4. The van der Waals surface area contributed by atoms with Crippen molar-refractivity contribution in [3.8, 4) is 28.7 Å². The number of hydrogen-bond acceptors (Lipinski definition) is 7. The molecule has 1 N–H and O–H groups in total. The van der Waals surface area contributed by atoms with E-state index in [9.17, 15) is 13.2 Å². The van der Waals surface area contributed by atoms with E-state index in [1.165, 1.54) is 21.3 Å². The molecule has 40 heavy (non-hydrogen) atoms. The summed E-state index contributed by atoms with van der Waals surface area (Å²) in [5.74, 6) is 2.02. The fourth-order valence-corrected chi connectivity index (χ4v) is 5.51. The van der Waals surface area contributed by atoms with Crippen LogP contribution in [0.15, 0.2) is 94.6 Å². The largest absolute Gasteiger partial charge is 0.489 e. The summed E-state index contributed by atoms with van der Waals surface area (Å²) in [5.41, 5.74) is 2.02. The van der Waals surface area contributed by atoms with Gasteiger partial charge in [-0.25, -0.2) is 13.2 Å². The van der Waals surface area contributed by atoms with Gasteiger partial charge in [0.25, 0.3) is 10.0 Å². The lowest BCUT2D eigenvalue weighted by atomic mass is 10.2. The van der Waals surface area contributed by atoms with Gasteiger partial charge < -0.3 is 18.9 Å². The molecular formula is C29H25N3O7S. The number of ether oxygens (including phenoxy) is 4. The summed E-state index contributed by atoms with van der Waals surface area (Å²) < 4.78 is 55.1. The number of aromatic nitrogens is 2. The van der Waals surface area contributed by atoms with Crippen molar-refractivity contribution < 1.29 is 27.4 Å². The van der Waals surface area contributed by atoms with Crippen molar-refractivity contribution >= 4 is 26.7 Å². The molecule has 10 nitrogen and oxygen atoms in total. The molecule has 4 aromatic carbocycles. The van der Waals surface area contributed by atoms with Crippen LogP contribution >= 0.6 is 0 Å². The van der Waals surface area contributed by atoms with E-state index in [-0.39, 0.29) is 28.8 Å². The van der Waals surface area contributed by atoms with Gasteiger partial charge in [0.05, 0.1) is 21.6 Å². The molecule has 0 atom stereocenters. The van der Waals surface area contributed by atoms with Gasteiger partial charge in [-0.15, -0.1) is 0 Å². The summed E-state index contributed by atoms with van der Waals surface area (Å²) in [6, 6.07) is 24.4. The zero-order chi connectivity index (χ0) is 27.9. The van der Waals surface area contributed by atoms with Crippen LogP contribution in [0.3, 0.4) is 0 Å². The first-order valence-corrected chi connectivity index (χ1v) is 13.8. The molecule has 204 valence electrons. The number of hydrogen-bond donors (Lipinski definition) is 1. The molecule has 0 spiro atoms. The molecule has 11 heteroatoms. The Morgan fingerprint density at radius 1 is 0.825 bits per heavy atom. The van der Waals surface area contributed by atoms with E-state index in [2.05, 4.69) is 4.72 Å². The minimum absolute atomic E-state index is 0.0129. The SMILES string of the molecule is Cn1c(=O)n(C)c2cc(Oc3cccc(OCc4ccccc4)c3)c(NS(=O)(=O)c3ccc4c(c3)OCO4)cc21. The van der Waals surface area contributed by atoms with E-state index in [0.29, 0.717) is 40.6 Å². The lowest BCUT2D eigenvalue weighted by Gasteiger charge is -2.15. The highest BCUT2D eigenvalue weighted by molar-refractivity contribution is 7.92. The zero-order valence-electron chi connectivity index (χ0n) is 21.7. The number of nitrogens with one attached hydrogen (secondary N) is 1. The monoisotopic (exact) mass is 559 g/mol. The topological polar surface area (TPSA) is 110 Å². The smallest absolute Gasteiger partial charge is 0.328 e. The van der Waals surface area contributed by atoms with Crippen molar-refractivity contribution in [3.63, 3.8) is 0 Å². The molecular weight excluding hydrogens is 534 g/mol. The second-order valence-electron chi connectivity index (χ2n) is 9.21. The summed E-state index contributed by atoms with van der Waals surface area (Å²) in [5, 5.41) is 0. The Hall–Kier alpha value is -4.90. The maximum atomic E-state index is 13.4. The van der Waals surface area contributed by atoms with Crippen LogP contribution in [-0.4, -0.2) is 24.3 Å². The first kappa shape index (κ1) is 25.4. The number of aryl methyl sites for hydroxylation is 2. The van der Waals surface area contributed by atoms with Gasteiger partial charge in [0.15, 0.2) is 17.2 Å². The Kier molecular flexibility index (Phi) is 6.35. The highest BCUT2D eigenvalue weighted by atomic mass is 32.2. The van der Waals surface area contributed by atoms with Crippen molar-refractivity contribution in [3.05, 3.63) is 101 Å². The quantitative estimate of drug-likeness (QED) is 0.291. The predicted octanol–water partition coefficient (Wildman–Crippen LogP) is 4.78. The summed E-state index contributed by atoms with van der Waals surface area (Å²) in [4.78, 5) is 12.6. The molecule has 0 bridgehead atoms. The number of nitrogens with zero attached hydrogens (tertiary/aromatic N) is 2. The molecule has 0 unspecified atom stereocenters. The van der Waals surface area contributed by atoms with Crippen molar-refractivity contribution in [2.75, 3.05) is 11.5 Å². The summed E-state index contributed by atoms with van der Waals surface area (Å²) >= 11 is 0. The van der Waals surface area contributed by atoms with Crippen LogP contribution in [-0.2, 0) is 30.7 Å². The van der Waals surface area contributed by atoms with Crippen molar-refractivity contribution in [1.82, 2.24) is 9.13 Å². The summed E-state index contributed by atoms with van der Waals surface area (Å²) in [7, 11) is -0.805. The lowest BCUT2D eigenvalue weighted by molar-refractivity contribution is 0.174. The van der Waals surface area contributed by atoms with Crippen molar-refractivity contribution in [2.24, 2.45) is 14.1 Å². The lowest BCUT2D eigenvalue weighted by Crippen LogP contribution is -2.19. The van der Waals surface area contributed by atoms with Gasteiger partial charge in [0.1, 0.15) is 18.1 Å². The van der Waals surface area contributed by atoms with Crippen LogP contribution in [0.5, 0.6) is 28.7 Å². The minimum Gasteiger partial charge on any atom is -0.489 e. The Bertz CT molecular complexity index is 1900. The molecule has 0 saturated heterocycles. The van der Waals surface area contributed by atoms with Crippen LogP contribution in [0.4, 0.5) is 5.69 Å². The molecule has 2 heterocycles. The Balaban J connectivity index is 1.35. The first-order chi connectivity index (χ1) is 19.3. The zero-order valence-corrected chi connectivity index (χ0v) is 22.5. The molecule has 0 radical (unpaired) electrons. The van der Waals surface area contributed by atoms with Crippen LogP contribution in [0.25, 0.3) is 11.0 Å².